The first-order valence-electron chi connectivity index (χ1n) is 10.1. The van der Waals surface area contributed by atoms with E-state index in [4.69, 9.17) is 9.47 Å². The minimum atomic E-state index is -0.335. The lowest BCUT2D eigenvalue weighted by atomic mass is 9.62. The Labute approximate surface area is 168 Å². The highest BCUT2D eigenvalue weighted by Gasteiger charge is 2.42. The van der Waals surface area contributed by atoms with Gasteiger partial charge in [-0.15, -0.1) is 0 Å². The standard InChI is InChI=1S/C25H30O3/c1-23(2)11-12-24(3,4)20-14-17(8-10-18(20)23)25(5)15-28-21-13-16(22(26)27-6)7-9-19(21)25/h7-10,13-14H,11-12,15H2,1-6H3/t25-/m0/s1. The third-order valence-electron chi connectivity index (χ3n) is 7.00. The van der Waals surface area contributed by atoms with E-state index in [0.717, 1.165) is 11.3 Å². The molecule has 0 unspecified atom stereocenters. The van der Waals surface area contributed by atoms with Crippen molar-refractivity contribution in [2.75, 3.05) is 13.7 Å². The maximum atomic E-state index is 11.9. The molecule has 0 radical (unpaired) electrons. The molecule has 148 valence electrons. The van der Waals surface area contributed by atoms with E-state index in [-0.39, 0.29) is 22.2 Å². The highest BCUT2D eigenvalue weighted by atomic mass is 16.5. The Kier molecular flexibility index (Phi) is 4.15. The summed E-state index contributed by atoms with van der Waals surface area (Å²) in [7, 11) is 1.40. The summed E-state index contributed by atoms with van der Waals surface area (Å²) >= 11 is 0. The third kappa shape index (κ3) is 2.75. The molecule has 2 aliphatic rings. The lowest BCUT2D eigenvalue weighted by Crippen LogP contribution is -2.35. The Balaban J connectivity index is 1.81. The Morgan fingerprint density at radius 3 is 2.21 bits per heavy atom. The Bertz CT molecular complexity index is 954. The van der Waals surface area contributed by atoms with Crippen molar-refractivity contribution >= 4 is 5.97 Å². The molecular formula is C25H30O3. The molecule has 1 aliphatic carbocycles. The molecule has 28 heavy (non-hydrogen) atoms. The van der Waals surface area contributed by atoms with Crippen LogP contribution in [0.1, 0.15) is 80.1 Å². The van der Waals surface area contributed by atoms with Crippen LogP contribution in [0.4, 0.5) is 0 Å². The lowest BCUT2D eigenvalue weighted by molar-refractivity contribution is 0.0600. The maximum absolute atomic E-state index is 11.9. The van der Waals surface area contributed by atoms with Gasteiger partial charge in [0, 0.05) is 5.56 Å². The first-order chi connectivity index (χ1) is 13.1. The van der Waals surface area contributed by atoms with Gasteiger partial charge in [-0.05, 0) is 59.4 Å². The summed E-state index contributed by atoms with van der Waals surface area (Å²) in [6, 6.07) is 12.7. The molecule has 0 aromatic heterocycles. The number of benzene rings is 2. The monoisotopic (exact) mass is 378 g/mol. The van der Waals surface area contributed by atoms with E-state index < -0.39 is 0 Å². The molecular weight excluding hydrogens is 348 g/mol. The van der Waals surface area contributed by atoms with Gasteiger partial charge in [-0.2, -0.15) is 0 Å². The van der Waals surface area contributed by atoms with Gasteiger partial charge in [0.05, 0.1) is 18.1 Å². The van der Waals surface area contributed by atoms with Crippen LogP contribution in [0.5, 0.6) is 5.75 Å². The van der Waals surface area contributed by atoms with Crippen molar-refractivity contribution in [2.45, 2.75) is 63.7 Å². The van der Waals surface area contributed by atoms with Crippen molar-refractivity contribution in [1.82, 2.24) is 0 Å². The van der Waals surface area contributed by atoms with E-state index in [1.807, 2.05) is 12.1 Å². The first kappa shape index (κ1) is 19.0. The summed E-state index contributed by atoms with van der Waals surface area (Å²) in [5, 5.41) is 0. The van der Waals surface area contributed by atoms with Gasteiger partial charge in [0.2, 0.25) is 0 Å². The van der Waals surface area contributed by atoms with Crippen LogP contribution >= 0.6 is 0 Å². The van der Waals surface area contributed by atoms with Gasteiger partial charge in [-0.1, -0.05) is 52.0 Å². The second-order valence-corrected chi connectivity index (χ2v) is 9.85. The molecule has 0 bridgehead atoms. The second kappa shape index (κ2) is 6.10. The molecule has 4 rings (SSSR count). The summed E-state index contributed by atoms with van der Waals surface area (Å²) in [5.41, 5.74) is 6.03. The predicted octanol–water partition coefficient (Wildman–Crippen LogP) is 5.52. The van der Waals surface area contributed by atoms with Crippen molar-refractivity contribution in [3.05, 3.63) is 64.2 Å². The van der Waals surface area contributed by atoms with Crippen LogP contribution in [-0.2, 0) is 21.0 Å². The zero-order valence-corrected chi connectivity index (χ0v) is 17.8. The molecule has 1 aliphatic heterocycles. The summed E-state index contributed by atoms with van der Waals surface area (Å²) < 4.78 is 10.9. The second-order valence-electron chi connectivity index (χ2n) is 9.85. The fourth-order valence-electron chi connectivity index (χ4n) is 4.81. The number of carbonyl (C=O) groups is 1. The number of esters is 1. The Morgan fingerprint density at radius 2 is 1.54 bits per heavy atom. The minimum Gasteiger partial charge on any atom is -0.492 e. The lowest BCUT2D eigenvalue weighted by Gasteiger charge is -2.42. The number of ether oxygens (including phenoxy) is 2. The van der Waals surface area contributed by atoms with Gasteiger partial charge in [0.15, 0.2) is 0 Å². The number of hydrogen-bond acceptors (Lipinski definition) is 3. The number of carbonyl (C=O) groups excluding carboxylic acids is 1. The average molecular weight is 379 g/mol. The SMILES string of the molecule is COC(=O)c1ccc2c(c1)OC[C@@]2(C)c1ccc2c(c1)C(C)(C)CCC2(C)C. The molecule has 0 N–H and O–H groups in total. The zero-order chi connectivity index (χ0) is 20.3. The van der Waals surface area contributed by atoms with Crippen LogP contribution in [0.25, 0.3) is 0 Å². The van der Waals surface area contributed by atoms with Crippen LogP contribution in [0, 0.1) is 0 Å². The molecule has 2 aromatic rings. The zero-order valence-electron chi connectivity index (χ0n) is 17.8. The van der Waals surface area contributed by atoms with Gasteiger partial charge >= 0.3 is 5.97 Å². The van der Waals surface area contributed by atoms with E-state index in [1.165, 1.54) is 36.6 Å². The van der Waals surface area contributed by atoms with Crippen LogP contribution in [0.15, 0.2) is 36.4 Å². The summed E-state index contributed by atoms with van der Waals surface area (Å²) in [6.07, 6.45) is 2.41. The average Bonchev–Trinajstić information content (AvgIpc) is 3.02. The molecule has 2 aromatic carbocycles. The van der Waals surface area contributed by atoms with Crippen molar-refractivity contribution < 1.29 is 14.3 Å². The van der Waals surface area contributed by atoms with Crippen LogP contribution in [0.2, 0.25) is 0 Å². The topological polar surface area (TPSA) is 35.5 Å². The number of hydrogen-bond donors (Lipinski definition) is 0. The normalized spacial score (nSPS) is 24.1. The largest absolute Gasteiger partial charge is 0.492 e. The Morgan fingerprint density at radius 1 is 0.893 bits per heavy atom. The highest BCUT2D eigenvalue weighted by molar-refractivity contribution is 5.90. The smallest absolute Gasteiger partial charge is 0.337 e. The van der Waals surface area contributed by atoms with Gasteiger partial charge in [-0.25, -0.2) is 4.79 Å². The van der Waals surface area contributed by atoms with Crippen molar-refractivity contribution in [3.63, 3.8) is 0 Å². The van der Waals surface area contributed by atoms with E-state index in [9.17, 15) is 4.79 Å². The third-order valence-corrected chi connectivity index (χ3v) is 7.00. The molecule has 0 amide bonds. The molecule has 0 spiro atoms. The van der Waals surface area contributed by atoms with Crippen LogP contribution < -0.4 is 4.74 Å². The molecule has 3 heteroatoms. The summed E-state index contributed by atoms with van der Waals surface area (Å²) in [6.45, 7) is 12.2. The quantitative estimate of drug-likeness (QED) is 0.646. The van der Waals surface area contributed by atoms with E-state index in [2.05, 4.69) is 52.8 Å². The Hall–Kier alpha value is -2.29. The summed E-state index contributed by atoms with van der Waals surface area (Å²) in [5.74, 6) is 0.445. The summed E-state index contributed by atoms with van der Waals surface area (Å²) in [4.78, 5) is 11.9. The van der Waals surface area contributed by atoms with Gasteiger partial charge < -0.3 is 9.47 Å². The number of fused-ring (bicyclic) bond motifs is 2. The molecule has 3 nitrogen and oxygen atoms in total. The van der Waals surface area contributed by atoms with Gasteiger partial charge in [-0.3, -0.25) is 0 Å². The van der Waals surface area contributed by atoms with Crippen LogP contribution in [0.3, 0.4) is 0 Å². The first-order valence-corrected chi connectivity index (χ1v) is 10.1. The molecule has 0 saturated carbocycles. The minimum absolute atomic E-state index is 0.175. The van der Waals surface area contributed by atoms with E-state index >= 15 is 0 Å². The molecule has 1 heterocycles. The van der Waals surface area contributed by atoms with Crippen molar-refractivity contribution in [2.24, 2.45) is 0 Å². The van der Waals surface area contributed by atoms with Crippen LogP contribution in [-0.4, -0.2) is 19.7 Å². The van der Waals surface area contributed by atoms with Gasteiger partial charge in [0.25, 0.3) is 0 Å². The van der Waals surface area contributed by atoms with Crippen molar-refractivity contribution in [3.8, 4) is 5.75 Å². The highest BCUT2D eigenvalue weighted by Crippen LogP contribution is 2.49. The maximum Gasteiger partial charge on any atom is 0.337 e. The number of rotatable bonds is 2. The van der Waals surface area contributed by atoms with Crippen molar-refractivity contribution in [1.29, 1.82) is 0 Å². The van der Waals surface area contributed by atoms with E-state index in [1.54, 1.807) is 6.07 Å². The predicted molar refractivity (Wildman–Crippen MR) is 111 cm³/mol. The molecule has 0 saturated heterocycles. The fraction of sp³-hybridized carbons (Fsp3) is 0.480. The fourth-order valence-corrected chi connectivity index (χ4v) is 4.81. The number of methoxy groups -OCH3 is 1. The van der Waals surface area contributed by atoms with Gasteiger partial charge in [0.1, 0.15) is 12.4 Å². The molecule has 1 atom stereocenters. The molecule has 0 fully saturated rings. The van der Waals surface area contributed by atoms with E-state index in [0.29, 0.717) is 12.2 Å².